The first-order valence-corrected chi connectivity index (χ1v) is 8.21. The SMILES string of the molecule is CC1CN(C(=O)O)CCN1C(=O)c1ccc(C(=O)OC(C)(C)C)cc1. The average molecular weight is 348 g/mol. The van der Waals surface area contributed by atoms with Crippen LogP contribution in [0.25, 0.3) is 0 Å². The molecule has 0 spiro atoms. The van der Waals surface area contributed by atoms with Crippen molar-refractivity contribution in [2.45, 2.75) is 39.3 Å². The van der Waals surface area contributed by atoms with Gasteiger partial charge >= 0.3 is 12.1 Å². The van der Waals surface area contributed by atoms with Crippen LogP contribution >= 0.6 is 0 Å². The Morgan fingerprint density at radius 3 is 2.12 bits per heavy atom. The minimum atomic E-state index is -0.972. The van der Waals surface area contributed by atoms with Gasteiger partial charge in [0.25, 0.3) is 5.91 Å². The van der Waals surface area contributed by atoms with E-state index in [-0.39, 0.29) is 18.5 Å². The van der Waals surface area contributed by atoms with E-state index in [2.05, 4.69) is 0 Å². The van der Waals surface area contributed by atoms with Gasteiger partial charge in [-0.05, 0) is 52.0 Å². The molecule has 0 bridgehead atoms. The molecule has 1 saturated heterocycles. The molecule has 1 unspecified atom stereocenters. The molecule has 0 aromatic heterocycles. The van der Waals surface area contributed by atoms with Crippen molar-refractivity contribution in [2.75, 3.05) is 19.6 Å². The highest BCUT2D eigenvalue weighted by molar-refractivity contribution is 5.96. The van der Waals surface area contributed by atoms with Crippen LogP contribution in [0.5, 0.6) is 0 Å². The van der Waals surface area contributed by atoms with Gasteiger partial charge in [0.15, 0.2) is 0 Å². The quantitative estimate of drug-likeness (QED) is 0.830. The molecule has 1 heterocycles. The Kier molecular flexibility index (Phi) is 5.35. The van der Waals surface area contributed by atoms with Gasteiger partial charge in [0.05, 0.1) is 5.56 Å². The summed E-state index contributed by atoms with van der Waals surface area (Å²) in [6, 6.07) is 6.12. The second-order valence-electron chi connectivity index (χ2n) is 7.16. The van der Waals surface area contributed by atoms with Crippen molar-refractivity contribution >= 4 is 18.0 Å². The summed E-state index contributed by atoms with van der Waals surface area (Å²) in [6.45, 7) is 8.13. The molecule has 1 fully saturated rings. The molecule has 0 aliphatic carbocycles. The number of rotatable bonds is 2. The zero-order valence-corrected chi connectivity index (χ0v) is 15.0. The molecule has 2 rings (SSSR count). The monoisotopic (exact) mass is 348 g/mol. The van der Waals surface area contributed by atoms with Crippen molar-refractivity contribution in [2.24, 2.45) is 0 Å². The van der Waals surface area contributed by atoms with Crippen molar-refractivity contribution in [3.8, 4) is 0 Å². The van der Waals surface area contributed by atoms with E-state index in [0.717, 1.165) is 0 Å². The Balaban J connectivity index is 2.06. The third kappa shape index (κ3) is 4.71. The Hall–Kier alpha value is -2.57. The maximum absolute atomic E-state index is 12.6. The zero-order chi connectivity index (χ0) is 18.8. The largest absolute Gasteiger partial charge is 0.465 e. The molecular formula is C18H24N2O5. The highest BCUT2D eigenvalue weighted by atomic mass is 16.6. The summed E-state index contributed by atoms with van der Waals surface area (Å²) in [7, 11) is 0. The van der Waals surface area contributed by atoms with Gasteiger partial charge < -0.3 is 19.6 Å². The lowest BCUT2D eigenvalue weighted by Gasteiger charge is -2.38. The molecule has 2 amide bonds. The fourth-order valence-electron chi connectivity index (χ4n) is 2.68. The molecule has 1 aliphatic heterocycles. The maximum Gasteiger partial charge on any atom is 0.407 e. The van der Waals surface area contributed by atoms with E-state index in [1.807, 2.05) is 6.92 Å². The standard InChI is InChI=1S/C18H24N2O5/c1-12-11-19(17(23)24)9-10-20(12)15(21)13-5-7-14(8-6-13)16(22)25-18(2,3)4/h5-8,12H,9-11H2,1-4H3,(H,23,24). The van der Waals surface area contributed by atoms with Gasteiger partial charge in [0.2, 0.25) is 0 Å². The molecule has 0 saturated carbocycles. The lowest BCUT2D eigenvalue weighted by atomic mass is 10.1. The predicted molar refractivity (Wildman–Crippen MR) is 91.7 cm³/mol. The fraction of sp³-hybridized carbons (Fsp3) is 0.500. The number of carbonyl (C=O) groups excluding carboxylic acids is 2. The Labute approximate surface area is 147 Å². The van der Waals surface area contributed by atoms with Crippen molar-refractivity contribution in [3.05, 3.63) is 35.4 Å². The van der Waals surface area contributed by atoms with E-state index >= 15 is 0 Å². The lowest BCUT2D eigenvalue weighted by molar-refractivity contribution is 0.00691. The third-order valence-electron chi connectivity index (χ3n) is 3.93. The molecule has 0 radical (unpaired) electrons. The molecule has 1 atom stereocenters. The van der Waals surface area contributed by atoms with Crippen molar-refractivity contribution < 1.29 is 24.2 Å². The topological polar surface area (TPSA) is 87.2 Å². The summed E-state index contributed by atoms with van der Waals surface area (Å²) in [6.07, 6.45) is -0.972. The second kappa shape index (κ2) is 7.13. The first kappa shape index (κ1) is 18.8. The summed E-state index contributed by atoms with van der Waals surface area (Å²) in [4.78, 5) is 38.6. The summed E-state index contributed by atoms with van der Waals surface area (Å²) >= 11 is 0. The zero-order valence-electron chi connectivity index (χ0n) is 15.0. The highest BCUT2D eigenvalue weighted by Gasteiger charge is 2.30. The lowest BCUT2D eigenvalue weighted by Crippen LogP contribution is -2.55. The molecular weight excluding hydrogens is 324 g/mol. The molecule has 1 N–H and O–H groups in total. The number of piperazine rings is 1. The third-order valence-corrected chi connectivity index (χ3v) is 3.93. The number of benzene rings is 1. The van der Waals surface area contributed by atoms with Crippen molar-refractivity contribution in [3.63, 3.8) is 0 Å². The van der Waals surface area contributed by atoms with E-state index in [1.165, 1.54) is 4.90 Å². The van der Waals surface area contributed by atoms with Gasteiger partial charge in [0, 0.05) is 31.2 Å². The van der Waals surface area contributed by atoms with E-state index < -0.39 is 17.7 Å². The number of ether oxygens (including phenoxy) is 1. The van der Waals surface area contributed by atoms with Crippen LogP contribution in [-0.2, 0) is 4.74 Å². The van der Waals surface area contributed by atoms with Crippen LogP contribution in [-0.4, -0.2) is 64.2 Å². The minimum absolute atomic E-state index is 0.173. The number of esters is 1. The van der Waals surface area contributed by atoms with Crippen LogP contribution in [0.15, 0.2) is 24.3 Å². The van der Waals surface area contributed by atoms with Gasteiger partial charge in [-0.3, -0.25) is 4.79 Å². The second-order valence-corrected chi connectivity index (χ2v) is 7.16. The number of carbonyl (C=O) groups is 3. The maximum atomic E-state index is 12.6. The van der Waals surface area contributed by atoms with Crippen LogP contribution in [0, 0.1) is 0 Å². The van der Waals surface area contributed by atoms with Gasteiger partial charge in [-0.2, -0.15) is 0 Å². The number of hydrogen-bond donors (Lipinski definition) is 1. The summed E-state index contributed by atoms with van der Waals surface area (Å²) < 4.78 is 5.30. The molecule has 136 valence electrons. The smallest absolute Gasteiger partial charge is 0.407 e. The summed E-state index contributed by atoms with van der Waals surface area (Å²) in [5, 5.41) is 9.04. The summed E-state index contributed by atoms with van der Waals surface area (Å²) in [5.74, 6) is -0.608. The number of nitrogens with zero attached hydrogens (tertiary/aromatic N) is 2. The van der Waals surface area contributed by atoms with Gasteiger partial charge in [-0.25, -0.2) is 9.59 Å². The van der Waals surface area contributed by atoms with Crippen LogP contribution in [0.2, 0.25) is 0 Å². The van der Waals surface area contributed by atoms with Gasteiger partial charge in [0.1, 0.15) is 5.60 Å². The molecule has 7 heteroatoms. The minimum Gasteiger partial charge on any atom is -0.465 e. The number of hydrogen-bond acceptors (Lipinski definition) is 4. The Morgan fingerprint density at radius 2 is 1.64 bits per heavy atom. The van der Waals surface area contributed by atoms with Crippen LogP contribution in [0.4, 0.5) is 4.79 Å². The number of carboxylic acid groups (broad SMARTS) is 1. The molecule has 1 aromatic carbocycles. The highest BCUT2D eigenvalue weighted by Crippen LogP contribution is 2.17. The Morgan fingerprint density at radius 1 is 1.08 bits per heavy atom. The number of amides is 2. The van der Waals surface area contributed by atoms with Crippen molar-refractivity contribution in [1.29, 1.82) is 0 Å². The average Bonchev–Trinajstić information content (AvgIpc) is 2.52. The molecule has 7 nitrogen and oxygen atoms in total. The summed E-state index contributed by atoms with van der Waals surface area (Å²) in [5.41, 5.74) is 0.267. The fourth-order valence-corrected chi connectivity index (χ4v) is 2.68. The first-order valence-electron chi connectivity index (χ1n) is 8.21. The van der Waals surface area contributed by atoms with E-state index in [1.54, 1.807) is 49.9 Å². The van der Waals surface area contributed by atoms with Crippen molar-refractivity contribution in [1.82, 2.24) is 9.80 Å². The van der Waals surface area contributed by atoms with E-state index in [4.69, 9.17) is 9.84 Å². The van der Waals surface area contributed by atoms with E-state index in [0.29, 0.717) is 24.2 Å². The van der Waals surface area contributed by atoms with Crippen LogP contribution in [0.1, 0.15) is 48.4 Å². The van der Waals surface area contributed by atoms with E-state index in [9.17, 15) is 14.4 Å². The van der Waals surface area contributed by atoms with Gasteiger partial charge in [-0.15, -0.1) is 0 Å². The van der Waals surface area contributed by atoms with Crippen LogP contribution < -0.4 is 0 Å². The predicted octanol–water partition coefficient (Wildman–Crippen LogP) is 2.47. The first-order chi connectivity index (χ1) is 11.6. The molecule has 1 aliphatic rings. The normalized spacial score (nSPS) is 18.0. The molecule has 25 heavy (non-hydrogen) atoms. The Bertz CT molecular complexity index is 663. The van der Waals surface area contributed by atoms with Crippen LogP contribution in [0.3, 0.4) is 0 Å². The molecule has 1 aromatic rings. The van der Waals surface area contributed by atoms with Gasteiger partial charge in [-0.1, -0.05) is 0 Å².